The highest BCUT2D eigenvalue weighted by Gasteiger charge is 2.26. The molecule has 2 aromatic rings. The van der Waals surface area contributed by atoms with Gasteiger partial charge < -0.3 is 14.8 Å². The summed E-state index contributed by atoms with van der Waals surface area (Å²) in [4.78, 5) is 2.48. The van der Waals surface area contributed by atoms with Gasteiger partial charge in [-0.05, 0) is 29.8 Å². The third kappa shape index (κ3) is 3.66. The Labute approximate surface area is 148 Å². The lowest BCUT2D eigenvalue weighted by Gasteiger charge is -2.36. The van der Waals surface area contributed by atoms with Crippen molar-refractivity contribution in [3.8, 4) is 11.5 Å². The summed E-state index contributed by atoms with van der Waals surface area (Å²) in [5, 5.41) is 4.16. The molecule has 1 heterocycles. The number of nitrogens with zero attached hydrogens (tertiary/aromatic N) is 1. The molecule has 0 radical (unpaired) electrons. The van der Waals surface area contributed by atoms with Gasteiger partial charge in [0.05, 0.1) is 20.3 Å². The van der Waals surface area contributed by atoms with E-state index in [1.807, 2.05) is 24.3 Å². The molecule has 3 rings (SSSR count). The van der Waals surface area contributed by atoms with Crippen molar-refractivity contribution in [3.63, 3.8) is 0 Å². The Hall–Kier alpha value is -1.75. The first-order valence-corrected chi connectivity index (χ1v) is 8.53. The smallest absolute Gasteiger partial charge is 0.127 e. The highest BCUT2D eigenvalue weighted by atomic mass is 35.5. The van der Waals surface area contributed by atoms with E-state index in [2.05, 4.69) is 28.4 Å². The monoisotopic (exact) mass is 346 g/mol. The van der Waals surface area contributed by atoms with Crippen LogP contribution in [-0.2, 0) is 0 Å². The summed E-state index contributed by atoms with van der Waals surface area (Å²) in [6.45, 7) is 3.95. The van der Waals surface area contributed by atoms with Gasteiger partial charge in [0.15, 0.2) is 0 Å². The zero-order chi connectivity index (χ0) is 16.9. The Balaban J connectivity index is 2.05. The Morgan fingerprint density at radius 1 is 1.00 bits per heavy atom. The summed E-state index contributed by atoms with van der Waals surface area (Å²) in [5.74, 6) is 1.64. The first kappa shape index (κ1) is 17.1. The van der Waals surface area contributed by atoms with Crippen molar-refractivity contribution in [1.29, 1.82) is 0 Å². The van der Waals surface area contributed by atoms with Crippen molar-refractivity contribution in [2.45, 2.75) is 6.04 Å². The number of benzene rings is 2. The highest BCUT2D eigenvalue weighted by Crippen LogP contribution is 2.37. The van der Waals surface area contributed by atoms with Crippen molar-refractivity contribution in [3.05, 3.63) is 58.6 Å². The number of piperazine rings is 1. The molecule has 5 heteroatoms. The van der Waals surface area contributed by atoms with Gasteiger partial charge in [-0.1, -0.05) is 23.7 Å². The molecule has 1 atom stereocenters. The van der Waals surface area contributed by atoms with Crippen LogP contribution in [-0.4, -0.2) is 45.3 Å². The van der Waals surface area contributed by atoms with Gasteiger partial charge in [0, 0.05) is 42.8 Å². The molecule has 24 heavy (non-hydrogen) atoms. The van der Waals surface area contributed by atoms with E-state index < -0.39 is 0 Å². The predicted molar refractivity (Wildman–Crippen MR) is 97.3 cm³/mol. The minimum atomic E-state index is 0.130. The lowest BCUT2D eigenvalue weighted by molar-refractivity contribution is 0.195. The first-order valence-electron chi connectivity index (χ1n) is 8.15. The number of hydrogen-bond donors (Lipinski definition) is 1. The molecule has 128 valence electrons. The topological polar surface area (TPSA) is 33.7 Å². The zero-order valence-electron chi connectivity index (χ0n) is 14.1. The molecule has 0 bridgehead atoms. The summed E-state index contributed by atoms with van der Waals surface area (Å²) in [6.07, 6.45) is 0. The van der Waals surface area contributed by atoms with E-state index in [-0.39, 0.29) is 6.04 Å². The largest absolute Gasteiger partial charge is 0.497 e. The Bertz CT molecular complexity index is 670. The van der Waals surface area contributed by atoms with Crippen LogP contribution in [0.2, 0.25) is 5.02 Å². The fraction of sp³-hybridized carbons (Fsp3) is 0.368. The molecule has 1 aliphatic rings. The third-order valence-electron chi connectivity index (χ3n) is 4.44. The normalized spacial score (nSPS) is 16.6. The summed E-state index contributed by atoms with van der Waals surface area (Å²) in [5.41, 5.74) is 2.35. The Morgan fingerprint density at radius 3 is 2.33 bits per heavy atom. The van der Waals surface area contributed by atoms with Crippen molar-refractivity contribution in [2.24, 2.45) is 0 Å². The van der Waals surface area contributed by atoms with Gasteiger partial charge in [0.1, 0.15) is 11.5 Å². The standard InChI is InChI=1S/C19H23ClN2O2/c1-23-16-7-8-17(18(13-16)24-2)19(22-11-9-21-10-12-22)14-3-5-15(20)6-4-14/h3-8,13,19,21H,9-12H2,1-2H3. The molecule has 1 unspecified atom stereocenters. The van der Waals surface area contributed by atoms with Crippen LogP contribution in [0.25, 0.3) is 0 Å². The van der Waals surface area contributed by atoms with Crippen molar-refractivity contribution >= 4 is 11.6 Å². The van der Waals surface area contributed by atoms with Crippen LogP contribution in [0.15, 0.2) is 42.5 Å². The van der Waals surface area contributed by atoms with E-state index in [1.165, 1.54) is 5.56 Å². The lowest BCUT2D eigenvalue weighted by atomic mass is 9.95. The Morgan fingerprint density at radius 2 is 1.71 bits per heavy atom. The van der Waals surface area contributed by atoms with E-state index >= 15 is 0 Å². The van der Waals surface area contributed by atoms with E-state index in [4.69, 9.17) is 21.1 Å². The van der Waals surface area contributed by atoms with Crippen LogP contribution >= 0.6 is 11.6 Å². The molecule has 1 N–H and O–H groups in total. The number of rotatable bonds is 5. The Kier molecular flexibility index (Phi) is 5.61. The molecule has 2 aromatic carbocycles. The fourth-order valence-corrected chi connectivity index (χ4v) is 3.34. The average Bonchev–Trinajstić information content (AvgIpc) is 2.64. The number of halogens is 1. The molecular formula is C19H23ClN2O2. The van der Waals surface area contributed by atoms with Crippen molar-refractivity contribution in [1.82, 2.24) is 10.2 Å². The van der Waals surface area contributed by atoms with Crippen molar-refractivity contribution in [2.75, 3.05) is 40.4 Å². The molecule has 1 saturated heterocycles. The van der Waals surface area contributed by atoms with E-state index in [1.54, 1.807) is 14.2 Å². The predicted octanol–water partition coefficient (Wildman–Crippen LogP) is 3.35. The number of nitrogens with one attached hydrogen (secondary N) is 1. The van der Waals surface area contributed by atoms with Crippen LogP contribution in [0, 0.1) is 0 Å². The minimum absolute atomic E-state index is 0.130. The van der Waals surface area contributed by atoms with Crippen LogP contribution in [0.3, 0.4) is 0 Å². The molecule has 0 amide bonds. The number of methoxy groups -OCH3 is 2. The van der Waals surface area contributed by atoms with Gasteiger partial charge in [0.25, 0.3) is 0 Å². The molecule has 4 nitrogen and oxygen atoms in total. The SMILES string of the molecule is COc1ccc(C(c2ccc(Cl)cc2)N2CCNCC2)c(OC)c1. The second kappa shape index (κ2) is 7.88. The van der Waals surface area contributed by atoms with Crippen LogP contribution in [0.1, 0.15) is 17.2 Å². The van der Waals surface area contributed by atoms with Gasteiger partial charge in [0.2, 0.25) is 0 Å². The van der Waals surface area contributed by atoms with E-state index in [9.17, 15) is 0 Å². The lowest BCUT2D eigenvalue weighted by Crippen LogP contribution is -2.45. The summed E-state index contributed by atoms with van der Waals surface area (Å²) in [6, 6.07) is 14.2. The number of hydrogen-bond acceptors (Lipinski definition) is 4. The van der Waals surface area contributed by atoms with Gasteiger partial charge in [-0.3, -0.25) is 4.90 Å². The molecule has 1 aliphatic heterocycles. The second-order valence-corrected chi connectivity index (χ2v) is 6.28. The van der Waals surface area contributed by atoms with Crippen molar-refractivity contribution < 1.29 is 9.47 Å². The molecule has 0 aromatic heterocycles. The second-order valence-electron chi connectivity index (χ2n) is 5.85. The maximum atomic E-state index is 6.08. The van der Waals surface area contributed by atoms with E-state index in [0.717, 1.165) is 48.3 Å². The van der Waals surface area contributed by atoms with Crippen LogP contribution < -0.4 is 14.8 Å². The zero-order valence-corrected chi connectivity index (χ0v) is 14.8. The number of ether oxygens (including phenoxy) is 2. The maximum Gasteiger partial charge on any atom is 0.127 e. The van der Waals surface area contributed by atoms with Gasteiger partial charge in [-0.2, -0.15) is 0 Å². The van der Waals surface area contributed by atoms with E-state index in [0.29, 0.717) is 0 Å². The summed E-state index contributed by atoms with van der Waals surface area (Å²) < 4.78 is 11.0. The van der Waals surface area contributed by atoms with Crippen LogP contribution in [0.4, 0.5) is 0 Å². The molecule has 0 spiro atoms. The molecule has 0 aliphatic carbocycles. The van der Waals surface area contributed by atoms with Gasteiger partial charge >= 0.3 is 0 Å². The van der Waals surface area contributed by atoms with Gasteiger partial charge in [-0.15, -0.1) is 0 Å². The molecule has 1 fully saturated rings. The summed E-state index contributed by atoms with van der Waals surface area (Å²) >= 11 is 6.08. The summed E-state index contributed by atoms with van der Waals surface area (Å²) in [7, 11) is 3.37. The maximum absolute atomic E-state index is 6.08. The first-order chi connectivity index (χ1) is 11.7. The minimum Gasteiger partial charge on any atom is -0.497 e. The third-order valence-corrected chi connectivity index (χ3v) is 4.69. The fourth-order valence-electron chi connectivity index (χ4n) is 3.22. The molecular weight excluding hydrogens is 324 g/mol. The molecule has 0 saturated carbocycles. The van der Waals surface area contributed by atoms with Gasteiger partial charge in [-0.25, -0.2) is 0 Å². The average molecular weight is 347 g/mol. The quantitative estimate of drug-likeness (QED) is 0.900. The van der Waals surface area contributed by atoms with Crippen LogP contribution in [0.5, 0.6) is 11.5 Å². The highest BCUT2D eigenvalue weighted by molar-refractivity contribution is 6.30.